The van der Waals surface area contributed by atoms with Crippen LogP contribution in [0.1, 0.15) is 50.5 Å². The van der Waals surface area contributed by atoms with E-state index in [2.05, 4.69) is 17.0 Å². The molecule has 1 aromatic rings. The Labute approximate surface area is 151 Å². The molecule has 2 fully saturated rings. The topological polar surface area (TPSA) is 38.8 Å². The van der Waals surface area contributed by atoms with E-state index in [0.717, 1.165) is 13.0 Å². The predicted molar refractivity (Wildman–Crippen MR) is 98.2 cm³/mol. The number of hydrogen-bond donors (Lipinski definition) is 0. The first-order valence-electron chi connectivity index (χ1n) is 9.62. The zero-order chi connectivity index (χ0) is 17.5. The van der Waals surface area contributed by atoms with Crippen LogP contribution in [-0.2, 0) is 20.9 Å². The van der Waals surface area contributed by atoms with Crippen molar-refractivity contribution in [1.29, 1.82) is 0 Å². The number of carbonyl (C=O) groups is 1. The van der Waals surface area contributed by atoms with Gasteiger partial charge in [-0.05, 0) is 30.2 Å². The molecule has 4 heteroatoms. The third-order valence-corrected chi connectivity index (χ3v) is 5.79. The molecule has 2 aliphatic rings. The maximum absolute atomic E-state index is 12.7. The molecule has 1 aliphatic heterocycles. The molecule has 3 rings (SSSR count). The lowest BCUT2D eigenvalue weighted by Gasteiger charge is -2.33. The van der Waals surface area contributed by atoms with Crippen molar-refractivity contribution in [3.63, 3.8) is 0 Å². The highest BCUT2D eigenvalue weighted by Crippen LogP contribution is 2.46. The van der Waals surface area contributed by atoms with Crippen LogP contribution in [0.3, 0.4) is 0 Å². The standard InChI is InChI=1S/C21H31NO3/c1-24-13-10-20(23)22-17-21(11-6-3-7-12-21)14-19(22)16-25-15-18-8-4-2-5-9-18/h2,4-5,8-9,19H,3,6-7,10-17H2,1H3. The van der Waals surface area contributed by atoms with Gasteiger partial charge in [-0.25, -0.2) is 0 Å². The number of hydrogen-bond acceptors (Lipinski definition) is 3. The molecular formula is C21H31NO3. The molecule has 0 aromatic heterocycles. The number of likely N-dealkylation sites (tertiary alicyclic amines) is 1. The van der Waals surface area contributed by atoms with Crippen LogP contribution in [0.25, 0.3) is 0 Å². The smallest absolute Gasteiger partial charge is 0.225 e. The van der Waals surface area contributed by atoms with E-state index in [9.17, 15) is 4.79 Å². The van der Waals surface area contributed by atoms with Crippen molar-refractivity contribution in [2.75, 3.05) is 26.9 Å². The average molecular weight is 345 g/mol. The maximum atomic E-state index is 12.7. The summed E-state index contributed by atoms with van der Waals surface area (Å²) in [5.41, 5.74) is 1.52. The van der Waals surface area contributed by atoms with Gasteiger partial charge in [0.05, 0.1) is 32.3 Å². The summed E-state index contributed by atoms with van der Waals surface area (Å²) in [7, 11) is 1.65. The van der Waals surface area contributed by atoms with Crippen molar-refractivity contribution in [3.8, 4) is 0 Å². The van der Waals surface area contributed by atoms with Crippen molar-refractivity contribution < 1.29 is 14.3 Å². The lowest BCUT2D eigenvalue weighted by atomic mass is 9.73. The second-order valence-corrected chi connectivity index (χ2v) is 7.68. The molecule has 1 spiro atoms. The van der Waals surface area contributed by atoms with Gasteiger partial charge >= 0.3 is 0 Å². The van der Waals surface area contributed by atoms with E-state index in [-0.39, 0.29) is 11.9 Å². The van der Waals surface area contributed by atoms with Crippen molar-refractivity contribution in [2.45, 2.75) is 57.6 Å². The van der Waals surface area contributed by atoms with Gasteiger partial charge in [0.1, 0.15) is 0 Å². The quantitative estimate of drug-likeness (QED) is 0.755. The number of methoxy groups -OCH3 is 1. The molecule has 0 radical (unpaired) electrons. The Balaban J connectivity index is 1.59. The van der Waals surface area contributed by atoms with E-state index in [1.807, 2.05) is 18.2 Å². The minimum absolute atomic E-state index is 0.214. The molecule has 1 atom stereocenters. The van der Waals surface area contributed by atoms with E-state index in [1.54, 1.807) is 7.11 Å². The molecule has 138 valence electrons. The van der Waals surface area contributed by atoms with Crippen LogP contribution in [0.5, 0.6) is 0 Å². The number of benzene rings is 1. The van der Waals surface area contributed by atoms with Crippen LogP contribution in [0.4, 0.5) is 0 Å². The van der Waals surface area contributed by atoms with E-state index >= 15 is 0 Å². The third-order valence-electron chi connectivity index (χ3n) is 5.79. The lowest BCUT2D eigenvalue weighted by Crippen LogP contribution is -2.39. The van der Waals surface area contributed by atoms with Gasteiger partial charge in [-0.1, -0.05) is 49.6 Å². The molecule has 1 saturated heterocycles. The largest absolute Gasteiger partial charge is 0.384 e. The minimum Gasteiger partial charge on any atom is -0.384 e. The van der Waals surface area contributed by atoms with Crippen LogP contribution >= 0.6 is 0 Å². The Kier molecular flexibility index (Phi) is 6.49. The van der Waals surface area contributed by atoms with E-state index in [0.29, 0.717) is 31.7 Å². The summed E-state index contributed by atoms with van der Waals surface area (Å²) in [6.45, 7) is 2.66. The van der Waals surface area contributed by atoms with E-state index in [1.165, 1.54) is 37.7 Å². The Bertz CT molecular complexity index is 539. The highest BCUT2D eigenvalue weighted by molar-refractivity contribution is 5.77. The second-order valence-electron chi connectivity index (χ2n) is 7.68. The zero-order valence-corrected chi connectivity index (χ0v) is 15.4. The summed E-state index contributed by atoms with van der Waals surface area (Å²) in [5, 5.41) is 0. The summed E-state index contributed by atoms with van der Waals surface area (Å²) in [4.78, 5) is 14.8. The van der Waals surface area contributed by atoms with Gasteiger partial charge in [0.2, 0.25) is 5.91 Å². The first kappa shape index (κ1) is 18.4. The van der Waals surface area contributed by atoms with Crippen molar-refractivity contribution in [3.05, 3.63) is 35.9 Å². The molecule has 25 heavy (non-hydrogen) atoms. The molecule has 1 aliphatic carbocycles. The average Bonchev–Trinajstić information content (AvgIpc) is 2.99. The summed E-state index contributed by atoms with van der Waals surface area (Å²) in [5.74, 6) is 0.220. The fraction of sp³-hybridized carbons (Fsp3) is 0.667. The summed E-state index contributed by atoms with van der Waals surface area (Å²) < 4.78 is 11.1. The molecule has 0 N–H and O–H groups in total. The van der Waals surface area contributed by atoms with Crippen LogP contribution < -0.4 is 0 Å². The predicted octanol–water partition coefficient (Wildman–Crippen LogP) is 3.79. The Morgan fingerprint density at radius 1 is 1.20 bits per heavy atom. The minimum atomic E-state index is 0.214. The molecule has 4 nitrogen and oxygen atoms in total. The summed E-state index contributed by atoms with van der Waals surface area (Å²) >= 11 is 0. The van der Waals surface area contributed by atoms with Crippen LogP contribution in [0.2, 0.25) is 0 Å². The second kappa shape index (κ2) is 8.81. The molecule has 0 bridgehead atoms. The molecule has 1 amide bonds. The monoisotopic (exact) mass is 345 g/mol. The Morgan fingerprint density at radius 3 is 2.68 bits per heavy atom. The molecule has 1 unspecified atom stereocenters. The number of rotatable bonds is 7. The number of carbonyl (C=O) groups excluding carboxylic acids is 1. The fourth-order valence-corrected chi connectivity index (χ4v) is 4.49. The zero-order valence-electron chi connectivity index (χ0n) is 15.4. The fourth-order valence-electron chi connectivity index (χ4n) is 4.49. The van der Waals surface area contributed by atoms with E-state index in [4.69, 9.17) is 9.47 Å². The van der Waals surface area contributed by atoms with Crippen LogP contribution in [0.15, 0.2) is 30.3 Å². The Morgan fingerprint density at radius 2 is 1.96 bits per heavy atom. The summed E-state index contributed by atoms with van der Waals surface area (Å²) in [6, 6.07) is 10.5. The van der Waals surface area contributed by atoms with Gasteiger partial charge in [0.15, 0.2) is 0 Å². The maximum Gasteiger partial charge on any atom is 0.225 e. The van der Waals surface area contributed by atoms with Gasteiger partial charge in [0, 0.05) is 13.7 Å². The van der Waals surface area contributed by atoms with Gasteiger partial charge in [-0.2, -0.15) is 0 Å². The van der Waals surface area contributed by atoms with Crippen molar-refractivity contribution in [2.24, 2.45) is 5.41 Å². The van der Waals surface area contributed by atoms with Gasteiger partial charge in [0.25, 0.3) is 0 Å². The van der Waals surface area contributed by atoms with Gasteiger partial charge < -0.3 is 14.4 Å². The van der Waals surface area contributed by atoms with Crippen LogP contribution in [0, 0.1) is 5.41 Å². The third kappa shape index (κ3) is 4.83. The first-order chi connectivity index (χ1) is 12.2. The lowest BCUT2D eigenvalue weighted by molar-refractivity contribution is -0.134. The normalized spacial score (nSPS) is 22.4. The Hall–Kier alpha value is -1.39. The van der Waals surface area contributed by atoms with Gasteiger partial charge in [-0.3, -0.25) is 4.79 Å². The van der Waals surface area contributed by atoms with E-state index < -0.39 is 0 Å². The molecule has 1 saturated carbocycles. The molecule has 1 aromatic carbocycles. The molecular weight excluding hydrogens is 314 g/mol. The highest BCUT2D eigenvalue weighted by atomic mass is 16.5. The first-order valence-corrected chi connectivity index (χ1v) is 9.62. The summed E-state index contributed by atoms with van der Waals surface area (Å²) in [6.07, 6.45) is 8.04. The SMILES string of the molecule is COCCC(=O)N1CC2(CCCCC2)CC1COCc1ccccc1. The number of ether oxygens (including phenoxy) is 2. The number of amides is 1. The number of nitrogens with zero attached hydrogens (tertiary/aromatic N) is 1. The van der Waals surface area contributed by atoms with Crippen molar-refractivity contribution in [1.82, 2.24) is 4.90 Å². The van der Waals surface area contributed by atoms with Crippen molar-refractivity contribution >= 4 is 5.91 Å². The highest BCUT2D eigenvalue weighted by Gasteiger charge is 2.45. The molecule has 1 heterocycles. The van der Waals surface area contributed by atoms with Gasteiger partial charge in [-0.15, -0.1) is 0 Å². The van der Waals surface area contributed by atoms with Crippen LogP contribution in [-0.4, -0.2) is 43.7 Å².